The highest BCUT2D eigenvalue weighted by atomic mass is 16.6. The first-order chi connectivity index (χ1) is 14.3. The van der Waals surface area contributed by atoms with Gasteiger partial charge in [-0.05, 0) is 48.9 Å². The molecule has 9 nitrogen and oxygen atoms in total. The van der Waals surface area contributed by atoms with Crippen molar-refractivity contribution in [2.75, 3.05) is 5.32 Å². The second-order valence-electron chi connectivity index (χ2n) is 6.42. The summed E-state index contributed by atoms with van der Waals surface area (Å²) in [5.74, 6) is 0.243. The first-order valence-electron chi connectivity index (χ1n) is 8.90. The number of anilines is 1. The van der Waals surface area contributed by atoms with E-state index < -0.39 is 10.8 Å². The number of aryl methyl sites for hydroxylation is 1. The number of hydrazone groups is 1. The molecule has 2 aromatic carbocycles. The number of amides is 2. The summed E-state index contributed by atoms with van der Waals surface area (Å²) in [6, 6.07) is 14.3. The fourth-order valence-electron chi connectivity index (χ4n) is 2.77. The minimum atomic E-state index is -0.453. The molecule has 0 atom stereocenters. The molecule has 0 unspecified atom stereocenters. The number of hydrogen-bond acceptors (Lipinski definition) is 6. The van der Waals surface area contributed by atoms with Gasteiger partial charge in [-0.2, -0.15) is 5.10 Å². The number of nitrogens with zero attached hydrogens (tertiary/aromatic N) is 2. The summed E-state index contributed by atoms with van der Waals surface area (Å²) in [4.78, 5) is 33.7. The highest BCUT2D eigenvalue weighted by Gasteiger charge is 2.12. The third-order valence-corrected chi connectivity index (χ3v) is 4.12. The number of rotatable bonds is 6. The molecule has 30 heavy (non-hydrogen) atoms. The molecule has 0 saturated carbocycles. The van der Waals surface area contributed by atoms with Gasteiger partial charge in [0.05, 0.1) is 11.1 Å². The fourth-order valence-corrected chi connectivity index (χ4v) is 2.77. The fraction of sp³-hybridized carbons (Fsp3) is 0.0952. The molecular weight excluding hydrogens is 388 g/mol. The van der Waals surface area contributed by atoms with Crippen molar-refractivity contribution >= 4 is 29.4 Å². The maximum Gasteiger partial charge on any atom is 0.271 e. The normalized spacial score (nSPS) is 10.7. The SMILES string of the molecule is CC(=O)Nc1cccc(C(=O)N/N=C\c2ccc(-c3ccc([N+](=O)[O-])cc3C)o2)c1. The molecule has 1 aromatic heterocycles. The molecule has 3 aromatic rings. The van der Waals surface area contributed by atoms with Crippen LogP contribution in [0.1, 0.15) is 28.6 Å². The molecule has 0 aliphatic rings. The minimum Gasteiger partial charge on any atom is -0.455 e. The standard InChI is InChI=1S/C21H18N4O5/c1-13-10-17(25(28)29)6-8-19(13)20-9-7-18(30-20)12-22-24-21(27)15-4-3-5-16(11-15)23-14(2)26/h3-12H,1-2H3,(H,23,26)(H,24,27)/b22-12-. The quantitative estimate of drug-likeness (QED) is 0.365. The average Bonchev–Trinajstić information content (AvgIpc) is 3.16. The lowest BCUT2D eigenvalue weighted by atomic mass is 10.1. The number of nitro benzene ring substituents is 1. The molecule has 9 heteroatoms. The smallest absolute Gasteiger partial charge is 0.271 e. The molecule has 0 radical (unpaired) electrons. The van der Waals surface area contributed by atoms with Crippen molar-refractivity contribution in [1.29, 1.82) is 0 Å². The third kappa shape index (κ3) is 4.96. The molecule has 0 spiro atoms. The minimum absolute atomic E-state index is 0.00915. The first-order valence-corrected chi connectivity index (χ1v) is 8.90. The Morgan fingerprint density at radius 3 is 2.63 bits per heavy atom. The third-order valence-electron chi connectivity index (χ3n) is 4.12. The van der Waals surface area contributed by atoms with E-state index in [2.05, 4.69) is 15.8 Å². The molecule has 1 heterocycles. The van der Waals surface area contributed by atoms with Gasteiger partial charge in [-0.15, -0.1) is 0 Å². The van der Waals surface area contributed by atoms with Crippen LogP contribution < -0.4 is 10.7 Å². The van der Waals surface area contributed by atoms with Crippen molar-refractivity contribution in [2.45, 2.75) is 13.8 Å². The summed E-state index contributed by atoms with van der Waals surface area (Å²) in [6.07, 6.45) is 1.35. The van der Waals surface area contributed by atoms with Crippen LogP contribution in [0.5, 0.6) is 0 Å². The molecule has 2 N–H and O–H groups in total. The Morgan fingerprint density at radius 1 is 1.13 bits per heavy atom. The molecule has 0 fully saturated rings. The van der Waals surface area contributed by atoms with Crippen LogP contribution in [-0.2, 0) is 4.79 Å². The Kier molecular flexibility index (Phi) is 6.02. The largest absolute Gasteiger partial charge is 0.455 e. The van der Waals surface area contributed by atoms with Gasteiger partial charge >= 0.3 is 0 Å². The number of hydrogen-bond donors (Lipinski definition) is 2. The second kappa shape index (κ2) is 8.82. The molecule has 152 valence electrons. The van der Waals surface area contributed by atoms with Gasteiger partial charge in [0.2, 0.25) is 5.91 Å². The Bertz CT molecular complexity index is 1150. The number of carbonyl (C=O) groups is 2. The van der Waals surface area contributed by atoms with Crippen LogP contribution in [0, 0.1) is 17.0 Å². The van der Waals surface area contributed by atoms with Crippen molar-refractivity contribution in [2.24, 2.45) is 5.10 Å². The zero-order valence-electron chi connectivity index (χ0n) is 16.2. The number of non-ortho nitro benzene ring substituents is 1. The maximum atomic E-state index is 12.2. The van der Waals surface area contributed by atoms with Gasteiger partial charge < -0.3 is 9.73 Å². The lowest BCUT2D eigenvalue weighted by molar-refractivity contribution is -0.384. The van der Waals surface area contributed by atoms with Crippen LogP contribution in [0.3, 0.4) is 0 Å². The highest BCUT2D eigenvalue weighted by molar-refractivity contribution is 5.97. The zero-order valence-corrected chi connectivity index (χ0v) is 16.2. The van der Waals surface area contributed by atoms with E-state index in [1.807, 2.05) is 0 Å². The lowest BCUT2D eigenvalue weighted by Gasteiger charge is -2.04. The Hall–Kier alpha value is -4.27. The topological polar surface area (TPSA) is 127 Å². The second-order valence-corrected chi connectivity index (χ2v) is 6.42. The Labute approximate surface area is 171 Å². The van der Waals surface area contributed by atoms with Gasteiger partial charge in [0.15, 0.2) is 0 Å². The lowest BCUT2D eigenvalue weighted by Crippen LogP contribution is -2.18. The summed E-state index contributed by atoms with van der Waals surface area (Å²) < 4.78 is 5.68. The van der Waals surface area contributed by atoms with E-state index in [0.717, 1.165) is 5.56 Å². The van der Waals surface area contributed by atoms with Crippen molar-refractivity contribution in [1.82, 2.24) is 5.43 Å². The monoisotopic (exact) mass is 406 g/mol. The van der Waals surface area contributed by atoms with E-state index in [1.54, 1.807) is 43.3 Å². The predicted molar refractivity (Wildman–Crippen MR) is 111 cm³/mol. The van der Waals surface area contributed by atoms with E-state index >= 15 is 0 Å². The van der Waals surface area contributed by atoms with Crippen LogP contribution in [0.25, 0.3) is 11.3 Å². The molecule has 0 aliphatic carbocycles. The van der Waals surface area contributed by atoms with Crippen molar-refractivity contribution in [3.05, 3.63) is 81.6 Å². The predicted octanol–water partition coefficient (Wildman–Crippen LogP) is 3.89. The summed E-state index contributed by atoms with van der Waals surface area (Å²) in [5, 5.41) is 17.3. The first kappa shape index (κ1) is 20.5. The van der Waals surface area contributed by atoms with Gasteiger partial charge in [-0.25, -0.2) is 5.43 Å². The molecular formula is C21H18N4O5. The number of nitro groups is 1. The van der Waals surface area contributed by atoms with Crippen molar-refractivity contribution in [3.63, 3.8) is 0 Å². The number of benzene rings is 2. The van der Waals surface area contributed by atoms with E-state index in [0.29, 0.717) is 28.3 Å². The number of nitrogens with one attached hydrogen (secondary N) is 2. The molecule has 2 amide bonds. The zero-order chi connectivity index (χ0) is 21.7. The number of carbonyl (C=O) groups excluding carboxylic acids is 2. The summed E-state index contributed by atoms with van der Waals surface area (Å²) in [7, 11) is 0. The summed E-state index contributed by atoms with van der Waals surface area (Å²) in [5.41, 5.74) is 4.67. The highest BCUT2D eigenvalue weighted by Crippen LogP contribution is 2.28. The van der Waals surface area contributed by atoms with Crippen LogP contribution in [0.2, 0.25) is 0 Å². The molecule has 0 aliphatic heterocycles. The maximum absolute atomic E-state index is 12.2. The van der Waals surface area contributed by atoms with E-state index in [4.69, 9.17) is 4.42 Å². The van der Waals surface area contributed by atoms with Gasteiger partial charge in [0, 0.05) is 35.9 Å². The van der Waals surface area contributed by atoms with E-state index in [-0.39, 0.29) is 11.6 Å². The van der Waals surface area contributed by atoms with Crippen molar-refractivity contribution < 1.29 is 18.9 Å². The van der Waals surface area contributed by atoms with Gasteiger partial charge in [0.1, 0.15) is 11.5 Å². The van der Waals surface area contributed by atoms with Crippen LogP contribution in [-0.4, -0.2) is 23.0 Å². The Balaban J connectivity index is 1.67. The van der Waals surface area contributed by atoms with Crippen LogP contribution in [0.4, 0.5) is 11.4 Å². The van der Waals surface area contributed by atoms with Crippen molar-refractivity contribution in [3.8, 4) is 11.3 Å². The van der Waals surface area contributed by atoms with Gasteiger partial charge in [-0.3, -0.25) is 19.7 Å². The van der Waals surface area contributed by atoms with Crippen LogP contribution >= 0.6 is 0 Å². The molecule has 3 rings (SSSR count). The van der Waals surface area contributed by atoms with Crippen LogP contribution in [0.15, 0.2) is 64.1 Å². The van der Waals surface area contributed by atoms with Gasteiger partial charge in [-0.1, -0.05) is 6.07 Å². The molecule has 0 bridgehead atoms. The average molecular weight is 406 g/mol. The summed E-state index contributed by atoms with van der Waals surface area (Å²) >= 11 is 0. The van der Waals surface area contributed by atoms with E-state index in [1.165, 1.54) is 31.3 Å². The molecule has 0 saturated heterocycles. The van der Waals surface area contributed by atoms with E-state index in [9.17, 15) is 19.7 Å². The van der Waals surface area contributed by atoms with Gasteiger partial charge in [0.25, 0.3) is 11.6 Å². The summed E-state index contributed by atoms with van der Waals surface area (Å²) in [6.45, 7) is 3.14. The Morgan fingerprint density at radius 2 is 1.93 bits per heavy atom. The number of furan rings is 1.